The normalized spacial score (nSPS) is 12.7. The molecule has 0 aliphatic heterocycles. The number of ether oxygens (including phenoxy) is 2. The summed E-state index contributed by atoms with van der Waals surface area (Å²) in [5.74, 6) is -3.80. The summed E-state index contributed by atoms with van der Waals surface area (Å²) in [6.45, 7) is 1.49. The molecule has 136 valence electrons. The first-order valence-corrected chi connectivity index (χ1v) is 8.30. The van der Waals surface area contributed by atoms with Gasteiger partial charge in [-0.1, -0.05) is 61.5 Å². The molecule has 5 nitrogen and oxygen atoms in total. The van der Waals surface area contributed by atoms with E-state index in [-0.39, 0.29) is 12.2 Å². The number of carbonyl (C=O) groups is 3. The molecule has 0 radical (unpaired) electrons. The lowest BCUT2D eigenvalue weighted by Crippen LogP contribution is -2.36. The molecule has 0 amide bonds. The highest BCUT2D eigenvalue weighted by molar-refractivity contribution is 6.03. The topological polar surface area (TPSA) is 69.7 Å². The maximum absolute atomic E-state index is 12.6. The van der Waals surface area contributed by atoms with E-state index in [1.165, 1.54) is 21.1 Å². The second-order valence-electron chi connectivity index (χ2n) is 6.02. The van der Waals surface area contributed by atoms with Crippen LogP contribution in [-0.2, 0) is 30.3 Å². The van der Waals surface area contributed by atoms with Crippen LogP contribution in [0.3, 0.4) is 0 Å². The highest BCUT2D eigenvalue weighted by Crippen LogP contribution is 2.22. The lowest BCUT2D eigenvalue weighted by atomic mass is 9.87. The summed E-state index contributed by atoms with van der Waals surface area (Å²) >= 11 is 0. The van der Waals surface area contributed by atoms with Crippen LogP contribution >= 0.6 is 0 Å². The molecule has 0 saturated carbocycles. The molecule has 2 unspecified atom stereocenters. The molecule has 0 fully saturated rings. The summed E-state index contributed by atoms with van der Waals surface area (Å²) in [6.07, 6.45) is 0.0379. The third kappa shape index (κ3) is 4.57. The molecule has 2 rings (SSSR count). The average molecular weight is 354 g/mol. The van der Waals surface area contributed by atoms with Crippen LogP contribution in [0.15, 0.2) is 54.6 Å². The molecule has 0 aromatic heterocycles. The van der Waals surface area contributed by atoms with E-state index in [1.54, 1.807) is 0 Å². The summed E-state index contributed by atoms with van der Waals surface area (Å²) in [5.41, 5.74) is 2.88. The van der Waals surface area contributed by atoms with Crippen molar-refractivity contribution in [3.05, 3.63) is 60.2 Å². The van der Waals surface area contributed by atoms with Gasteiger partial charge in [0, 0.05) is 6.42 Å². The lowest BCUT2D eigenvalue weighted by Gasteiger charge is -2.18. The second kappa shape index (κ2) is 8.94. The van der Waals surface area contributed by atoms with Crippen molar-refractivity contribution in [1.29, 1.82) is 0 Å². The van der Waals surface area contributed by atoms with Crippen LogP contribution in [0.1, 0.15) is 12.5 Å². The van der Waals surface area contributed by atoms with Gasteiger partial charge >= 0.3 is 11.9 Å². The smallest absolute Gasteiger partial charge is 0.317 e. The molecular formula is C21H22O5. The minimum atomic E-state index is -1.18. The van der Waals surface area contributed by atoms with E-state index in [4.69, 9.17) is 4.74 Å². The number of esters is 2. The Balaban J connectivity index is 2.15. The highest BCUT2D eigenvalue weighted by Gasteiger charge is 2.37. The van der Waals surface area contributed by atoms with Gasteiger partial charge in [0.25, 0.3) is 0 Å². The van der Waals surface area contributed by atoms with Crippen molar-refractivity contribution >= 4 is 17.7 Å². The molecule has 0 saturated heterocycles. The van der Waals surface area contributed by atoms with Gasteiger partial charge in [0.15, 0.2) is 5.78 Å². The number of ketones is 1. The minimum absolute atomic E-state index is 0.0379. The Morgan fingerprint density at radius 1 is 0.808 bits per heavy atom. The van der Waals surface area contributed by atoms with Crippen molar-refractivity contribution in [2.75, 3.05) is 14.2 Å². The molecule has 5 heteroatoms. The van der Waals surface area contributed by atoms with E-state index in [9.17, 15) is 14.4 Å². The fourth-order valence-electron chi connectivity index (χ4n) is 2.82. The Morgan fingerprint density at radius 3 is 1.88 bits per heavy atom. The predicted octanol–water partition coefficient (Wildman–Crippen LogP) is 3.06. The number of carbonyl (C=O) groups excluding carboxylic acids is 3. The van der Waals surface area contributed by atoms with Crippen LogP contribution in [0.5, 0.6) is 0 Å². The van der Waals surface area contributed by atoms with Gasteiger partial charge in [-0.3, -0.25) is 14.4 Å². The first-order valence-electron chi connectivity index (χ1n) is 8.30. The zero-order chi connectivity index (χ0) is 19.1. The molecular weight excluding hydrogens is 332 g/mol. The van der Waals surface area contributed by atoms with Crippen molar-refractivity contribution in [3.8, 4) is 11.1 Å². The third-order valence-electron chi connectivity index (χ3n) is 4.31. The van der Waals surface area contributed by atoms with Crippen LogP contribution in [0.25, 0.3) is 11.1 Å². The number of hydrogen-bond donors (Lipinski definition) is 0. The van der Waals surface area contributed by atoms with E-state index < -0.39 is 23.8 Å². The Bertz CT molecular complexity index is 765. The van der Waals surface area contributed by atoms with Crippen LogP contribution in [-0.4, -0.2) is 31.9 Å². The molecule has 0 aliphatic carbocycles. The molecule has 2 aromatic carbocycles. The maximum atomic E-state index is 12.6. The Hall–Kier alpha value is -2.95. The summed E-state index contributed by atoms with van der Waals surface area (Å²) in [6, 6.07) is 17.4. The van der Waals surface area contributed by atoms with E-state index in [0.29, 0.717) is 0 Å². The standard InChI is InChI=1S/C21H22O5/c1-14(20(23)25-2)19(21(24)26-3)18(22)13-15-9-11-17(12-10-15)16-7-5-4-6-8-16/h4-12,14,19H,13H2,1-3H3. The SMILES string of the molecule is COC(=O)C(C)C(C(=O)Cc1ccc(-c2ccccc2)cc1)C(=O)OC. The van der Waals surface area contributed by atoms with Gasteiger partial charge in [-0.05, 0) is 16.7 Å². The first-order chi connectivity index (χ1) is 12.5. The second-order valence-corrected chi connectivity index (χ2v) is 6.02. The largest absolute Gasteiger partial charge is 0.469 e. The summed E-state index contributed by atoms with van der Waals surface area (Å²) in [4.78, 5) is 36.4. The lowest BCUT2D eigenvalue weighted by molar-refractivity contribution is -0.160. The molecule has 0 spiro atoms. The van der Waals surface area contributed by atoms with Crippen molar-refractivity contribution in [2.24, 2.45) is 11.8 Å². The summed E-state index contributed by atoms with van der Waals surface area (Å²) < 4.78 is 9.35. The Kier molecular flexibility index (Phi) is 6.67. The molecule has 2 atom stereocenters. The van der Waals surface area contributed by atoms with Gasteiger partial charge in [0.2, 0.25) is 0 Å². The van der Waals surface area contributed by atoms with Crippen molar-refractivity contribution in [3.63, 3.8) is 0 Å². The van der Waals surface area contributed by atoms with E-state index in [2.05, 4.69) is 4.74 Å². The minimum Gasteiger partial charge on any atom is -0.469 e. The quantitative estimate of drug-likeness (QED) is 0.565. The number of methoxy groups -OCH3 is 2. The van der Waals surface area contributed by atoms with E-state index >= 15 is 0 Å². The van der Waals surface area contributed by atoms with Crippen LogP contribution in [0.4, 0.5) is 0 Å². The highest BCUT2D eigenvalue weighted by atomic mass is 16.5. The van der Waals surface area contributed by atoms with Gasteiger partial charge in [-0.25, -0.2) is 0 Å². The fourth-order valence-corrected chi connectivity index (χ4v) is 2.82. The van der Waals surface area contributed by atoms with Gasteiger partial charge in [-0.2, -0.15) is 0 Å². The number of rotatable bonds is 7. The summed E-state index contributed by atoms with van der Waals surface area (Å²) in [5, 5.41) is 0. The van der Waals surface area contributed by atoms with Gasteiger partial charge in [0.1, 0.15) is 5.92 Å². The zero-order valence-corrected chi connectivity index (χ0v) is 15.1. The molecule has 0 aliphatic rings. The van der Waals surface area contributed by atoms with Crippen LogP contribution < -0.4 is 0 Å². The molecule has 0 N–H and O–H groups in total. The molecule has 0 bridgehead atoms. The Morgan fingerprint density at radius 2 is 1.35 bits per heavy atom. The van der Waals surface area contributed by atoms with Crippen LogP contribution in [0, 0.1) is 11.8 Å². The van der Waals surface area contributed by atoms with Gasteiger partial charge in [0.05, 0.1) is 20.1 Å². The fraction of sp³-hybridized carbons (Fsp3) is 0.286. The number of benzene rings is 2. The molecule has 26 heavy (non-hydrogen) atoms. The first kappa shape index (κ1) is 19.4. The van der Waals surface area contributed by atoms with Gasteiger partial charge in [-0.15, -0.1) is 0 Å². The monoisotopic (exact) mass is 354 g/mol. The molecule has 2 aromatic rings. The zero-order valence-electron chi connectivity index (χ0n) is 15.1. The van der Waals surface area contributed by atoms with E-state index in [1.807, 2.05) is 54.6 Å². The van der Waals surface area contributed by atoms with E-state index in [0.717, 1.165) is 16.7 Å². The van der Waals surface area contributed by atoms with Crippen LogP contribution in [0.2, 0.25) is 0 Å². The average Bonchev–Trinajstić information content (AvgIpc) is 2.68. The number of Topliss-reactive ketones (excluding diaryl/α,β-unsaturated/α-hetero) is 1. The molecule has 0 heterocycles. The predicted molar refractivity (Wildman–Crippen MR) is 97.3 cm³/mol. The Labute approximate surface area is 152 Å². The van der Waals surface area contributed by atoms with Crippen molar-refractivity contribution < 1.29 is 23.9 Å². The van der Waals surface area contributed by atoms with Gasteiger partial charge < -0.3 is 9.47 Å². The van der Waals surface area contributed by atoms with Crippen molar-refractivity contribution in [2.45, 2.75) is 13.3 Å². The van der Waals surface area contributed by atoms with Crippen molar-refractivity contribution in [1.82, 2.24) is 0 Å². The summed E-state index contributed by atoms with van der Waals surface area (Å²) in [7, 11) is 2.42. The maximum Gasteiger partial charge on any atom is 0.317 e. The number of hydrogen-bond acceptors (Lipinski definition) is 5. The third-order valence-corrected chi connectivity index (χ3v) is 4.31.